The Kier molecular flexibility index (Phi) is 6.51. The highest BCUT2D eigenvalue weighted by Gasteiger charge is 2.30. The Morgan fingerprint density at radius 3 is 2.68 bits per heavy atom. The van der Waals surface area contributed by atoms with Gasteiger partial charge in [-0.15, -0.1) is 0 Å². The number of hydrogen-bond donors (Lipinski definition) is 2. The van der Waals surface area contributed by atoms with E-state index in [-0.39, 0.29) is 12.1 Å². The van der Waals surface area contributed by atoms with Crippen LogP contribution in [0.1, 0.15) is 28.4 Å². The van der Waals surface area contributed by atoms with E-state index in [1.54, 1.807) is 31.8 Å². The number of fused-ring (bicyclic) bond motifs is 1. The van der Waals surface area contributed by atoms with Gasteiger partial charge in [0.15, 0.2) is 0 Å². The SMILES string of the molecule is COc1ccc(CN2Cc3ccc(C(=O)NO)cc3OC[C@H]2C(C)OC)cc1. The van der Waals surface area contributed by atoms with Crippen LogP contribution in [-0.2, 0) is 17.8 Å². The monoisotopic (exact) mass is 386 g/mol. The molecule has 0 spiro atoms. The highest BCUT2D eigenvalue weighted by atomic mass is 16.5. The Hall–Kier alpha value is -2.61. The molecule has 0 saturated carbocycles. The van der Waals surface area contributed by atoms with Gasteiger partial charge in [-0.2, -0.15) is 0 Å². The van der Waals surface area contributed by atoms with Gasteiger partial charge in [-0.25, -0.2) is 5.48 Å². The van der Waals surface area contributed by atoms with E-state index in [1.165, 1.54) is 0 Å². The molecule has 3 rings (SSSR count). The zero-order valence-electron chi connectivity index (χ0n) is 16.3. The number of methoxy groups -OCH3 is 2. The average Bonchev–Trinajstić information content (AvgIpc) is 2.91. The molecule has 2 aromatic carbocycles. The lowest BCUT2D eigenvalue weighted by atomic mass is 10.1. The van der Waals surface area contributed by atoms with Crippen LogP contribution in [0.25, 0.3) is 0 Å². The zero-order valence-corrected chi connectivity index (χ0v) is 16.3. The highest BCUT2D eigenvalue weighted by Crippen LogP contribution is 2.29. The van der Waals surface area contributed by atoms with E-state index in [0.29, 0.717) is 24.5 Å². The quantitative estimate of drug-likeness (QED) is 0.587. The Labute approximate surface area is 164 Å². The van der Waals surface area contributed by atoms with E-state index in [0.717, 1.165) is 23.4 Å². The van der Waals surface area contributed by atoms with Crippen molar-refractivity contribution in [3.05, 3.63) is 59.2 Å². The summed E-state index contributed by atoms with van der Waals surface area (Å²) in [6.45, 7) is 3.84. The van der Waals surface area contributed by atoms with Crippen LogP contribution < -0.4 is 15.0 Å². The summed E-state index contributed by atoms with van der Waals surface area (Å²) in [5.41, 5.74) is 4.15. The molecule has 0 aliphatic carbocycles. The Morgan fingerprint density at radius 1 is 1.29 bits per heavy atom. The second-order valence-electron chi connectivity index (χ2n) is 6.84. The smallest absolute Gasteiger partial charge is 0.274 e. The van der Waals surface area contributed by atoms with E-state index >= 15 is 0 Å². The van der Waals surface area contributed by atoms with Crippen molar-refractivity contribution in [2.24, 2.45) is 0 Å². The summed E-state index contributed by atoms with van der Waals surface area (Å²) in [5.74, 6) is 0.906. The van der Waals surface area contributed by atoms with Gasteiger partial charge in [0.25, 0.3) is 5.91 Å². The van der Waals surface area contributed by atoms with Gasteiger partial charge in [-0.1, -0.05) is 18.2 Å². The number of carbonyl (C=O) groups is 1. The molecule has 28 heavy (non-hydrogen) atoms. The van der Waals surface area contributed by atoms with Gasteiger partial charge in [-0.05, 0) is 36.8 Å². The van der Waals surface area contributed by atoms with Crippen LogP contribution in [0.3, 0.4) is 0 Å². The van der Waals surface area contributed by atoms with Gasteiger partial charge in [0, 0.05) is 31.3 Å². The van der Waals surface area contributed by atoms with Crippen molar-refractivity contribution in [3.8, 4) is 11.5 Å². The molecular weight excluding hydrogens is 360 g/mol. The summed E-state index contributed by atoms with van der Waals surface area (Å²) < 4.78 is 16.8. The molecule has 1 heterocycles. The number of rotatable bonds is 6. The van der Waals surface area contributed by atoms with Crippen LogP contribution in [0, 0.1) is 0 Å². The summed E-state index contributed by atoms with van der Waals surface area (Å²) in [7, 11) is 3.34. The molecule has 0 aromatic heterocycles. The number of nitrogens with zero attached hydrogens (tertiary/aromatic N) is 1. The van der Waals surface area contributed by atoms with Crippen LogP contribution in [0.5, 0.6) is 11.5 Å². The van der Waals surface area contributed by atoms with E-state index in [1.807, 2.05) is 25.1 Å². The molecule has 0 saturated heterocycles. The largest absolute Gasteiger partial charge is 0.497 e. The van der Waals surface area contributed by atoms with Gasteiger partial charge in [-0.3, -0.25) is 14.9 Å². The lowest BCUT2D eigenvalue weighted by molar-refractivity contribution is 0.00310. The fourth-order valence-corrected chi connectivity index (χ4v) is 3.37. The lowest BCUT2D eigenvalue weighted by Crippen LogP contribution is -2.45. The Bertz CT molecular complexity index is 809. The molecule has 7 nitrogen and oxygen atoms in total. The fraction of sp³-hybridized carbons (Fsp3) is 0.381. The molecule has 1 aliphatic rings. The number of hydroxylamine groups is 1. The minimum Gasteiger partial charge on any atom is -0.497 e. The molecule has 2 atom stereocenters. The number of nitrogens with one attached hydrogen (secondary N) is 1. The number of hydrogen-bond acceptors (Lipinski definition) is 6. The summed E-state index contributed by atoms with van der Waals surface area (Å²) in [4.78, 5) is 14.0. The van der Waals surface area contributed by atoms with Gasteiger partial charge in [0.1, 0.15) is 18.1 Å². The third-order valence-electron chi connectivity index (χ3n) is 5.14. The molecule has 150 valence electrons. The summed E-state index contributed by atoms with van der Waals surface area (Å²) in [6, 6.07) is 13.2. The van der Waals surface area contributed by atoms with Crippen LogP contribution in [-0.4, -0.2) is 49.0 Å². The predicted octanol–water partition coefficient (Wildman–Crippen LogP) is 2.61. The van der Waals surface area contributed by atoms with Crippen molar-refractivity contribution in [3.63, 3.8) is 0 Å². The van der Waals surface area contributed by atoms with E-state index in [2.05, 4.69) is 17.0 Å². The van der Waals surface area contributed by atoms with Gasteiger partial charge < -0.3 is 14.2 Å². The summed E-state index contributed by atoms with van der Waals surface area (Å²) in [6.07, 6.45) is -0.0345. The van der Waals surface area contributed by atoms with Crippen LogP contribution in [0.4, 0.5) is 0 Å². The minimum atomic E-state index is -0.562. The number of ether oxygens (including phenoxy) is 3. The van der Waals surface area contributed by atoms with Crippen LogP contribution >= 0.6 is 0 Å². The van der Waals surface area contributed by atoms with Crippen LogP contribution in [0.2, 0.25) is 0 Å². The normalized spacial score (nSPS) is 17.8. The standard InChI is InChI=1S/C21H26N2O5/c1-14(26-2)19-13-28-20-10-16(21(24)22-25)6-7-17(20)12-23(19)11-15-4-8-18(27-3)9-5-15/h4-10,14,19,25H,11-13H2,1-3H3,(H,22,24)/t14?,19-/m0/s1. The summed E-state index contributed by atoms with van der Waals surface area (Å²) in [5, 5.41) is 8.86. The van der Waals surface area contributed by atoms with Crippen molar-refractivity contribution in [2.45, 2.75) is 32.2 Å². The van der Waals surface area contributed by atoms with Gasteiger partial charge in [0.05, 0.1) is 19.3 Å². The highest BCUT2D eigenvalue weighted by molar-refractivity contribution is 5.93. The van der Waals surface area contributed by atoms with Crippen molar-refractivity contribution in [1.82, 2.24) is 10.4 Å². The molecule has 1 unspecified atom stereocenters. The molecule has 2 N–H and O–H groups in total. The second-order valence-corrected chi connectivity index (χ2v) is 6.84. The molecule has 0 radical (unpaired) electrons. The van der Waals surface area contributed by atoms with Crippen molar-refractivity contribution in [2.75, 3.05) is 20.8 Å². The predicted molar refractivity (Wildman–Crippen MR) is 104 cm³/mol. The lowest BCUT2D eigenvalue weighted by Gasteiger charge is -2.32. The van der Waals surface area contributed by atoms with E-state index in [4.69, 9.17) is 19.4 Å². The first kappa shape index (κ1) is 20.1. The maximum atomic E-state index is 11.7. The third-order valence-corrected chi connectivity index (χ3v) is 5.14. The average molecular weight is 386 g/mol. The molecular formula is C21H26N2O5. The van der Waals surface area contributed by atoms with Crippen molar-refractivity contribution >= 4 is 5.91 Å². The number of benzene rings is 2. The first-order valence-corrected chi connectivity index (χ1v) is 9.15. The van der Waals surface area contributed by atoms with E-state index < -0.39 is 5.91 Å². The number of carbonyl (C=O) groups excluding carboxylic acids is 1. The second kappa shape index (κ2) is 9.05. The molecule has 2 aromatic rings. The first-order valence-electron chi connectivity index (χ1n) is 9.15. The zero-order chi connectivity index (χ0) is 20.1. The first-order chi connectivity index (χ1) is 13.5. The number of amides is 1. The maximum absolute atomic E-state index is 11.7. The maximum Gasteiger partial charge on any atom is 0.274 e. The van der Waals surface area contributed by atoms with Crippen molar-refractivity contribution in [1.29, 1.82) is 0 Å². The molecule has 7 heteroatoms. The van der Waals surface area contributed by atoms with Gasteiger partial charge in [0.2, 0.25) is 0 Å². The van der Waals surface area contributed by atoms with Crippen molar-refractivity contribution < 1.29 is 24.2 Å². The third kappa shape index (κ3) is 4.44. The van der Waals surface area contributed by atoms with E-state index in [9.17, 15) is 4.79 Å². The molecule has 1 amide bonds. The topological polar surface area (TPSA) is 80.3 Å². The fourth-order valence-electron chi connectivity index (χ4n) is 3.37. The molecule has 0 bridgehead atoms. The molecule has 1 aliphatic heterocycles. The summed E-state index contributed by atoms with van der Waals surface area (Å²) >= 11 is 0. The Morgan fingerprint density at radius 2 is 2.04 bits per heavy atom. The van der Waals surface area contributed by atoms with Gasteiger partial charge >= 0.3 is 0 Å². The van der Waals surface area contributed by atoms with Crippen LogP contribution in [0.15, 0.2) is 42.5 Å². The molecule has 0 fully saturated rings. The minimum absolute atomic E-state index is 0.0345. The Balaban J connectivity index is 1.87.